The van der Waals surface area contributed by atoms with Crippen LogP contribution in [0.2, 0.25) is 0 Å². The van der Waals surface area contributed by atoms with E-state index < -0.39 is 5.91 Å². The number of hydrogen-bond acceptors (Lipinski definition) is 5. The van der Waals surface area contributed by atoms with Crippen LogP contribution >= 0.6 is 0 Å². The third-order valence-corrected chi connectivity index (χ3v) is 4.99. The maximum atomic E-state index is 12.6. The number of aromatic amines is 1. The predicted molar refractivity (Wildman–Crippen MR) is 98.9 cm³/mol. The first-order valence-electron chi connectivity index (χ1n) is 8.91. The Morgan fingerprint density at radius 2 is 2.04 bits per heavy atom. The standard InChI is InChI=1S/C19H18N6O2/c20-10-11-5-4-6-12(9-11)17-22-14(16(21)26)15-18(24-17)25(19(27)23-15)13-7-2-1-3-8-13/h4-6,9,13H,1-3,7-8H2,(H2,21,26)(H,23,27). The van der Waals surface area contributed by atoms with Crippen LogP contribution in [-0.4, -0.2) is 25.4 Å². The molecule has 1 aliphatic carbocycles. The van der Waals surface area contributed by atoms with Gasteiger partial charge in [0.1, 0.15) is 5.52 Å². The Balaban J connectivity index is 1.97. The molecule has 8 heteroatoms. The lowest BCUT2D eigenvalue weighted by molar-refractivity contribution is 0.0997. The van der Waals surface area contributed by atoms with Gasteiger partial charge in [0.2, 0.25) is 0 Å². The van der Waals surface area contributed by atoms with Gasteiger partial charge < -0.3 is 10.7 Å². The molecule has 4 rings (SSSR count). The Morgan fingerprint density at radius 1 is 1.26 bits per heavy atom. The van der Waals surface area contributed by atoms with Crippen LogP contribution in [0.15, 0.2) is 29.1 Å². The van der Waals surface area contributed by atoms with Crippen molar-refractivity contribution in [1.82, 2.24) is 19.5 Å². The van der Waals surface area contributed by atoms with Crippen LogP contribution in [0.1, 0.15) is 54.2 Å². The zero-order valence-corrected chi connectivity index (χ0v) is 14.6. The van der Waals surface area contributed by atoms with Gasteiger partial charge in [0, 0.05) is 11.6 Å². The van der Waals surface area contributed by atoms with Crippen LogP contribution < -0.4 is 11.4 Å². The summed E-state index contributed by atoms with van der Waals surface area (Å²) in [4.78, 5) is 36.1. The molecular formula is C19H18N6O2. The van der Waals surface area contributed by atoms with Crippen LogP contribution in [-0.2, 0) is 0 Å². The summed E-state index contributed by atoms with van der Waals surface area (Å²) in [5.74, 6) is -0.478. The number of aromatic nitrogens is 4. The molecule has 1 amide bonds. The quantitative estimate of drug-likeness (QED) is 0.738. The first-order chi connectivity index (χ1) is 13.1. The lowest BCUT2D eigenvalue weighted by Crippen LogP contribution is -2.24. The van der Waals surface area contributed by atoms with E-state index in [-0.39, 0.29) is 28.8 Å². The number of imidazole rings is 1. The van der Waals surface area contributed by atoms with Crippen LogP contribution in [0, 0.1) is 11.3 Å². The van der Waals surface area contributed by atoms with Crippen molar-refractivity contribution in [2.45, 2.75) is 38.1 Å². The zero-order valence-electron chi connectivity index (χ0n) is 14.6. The minimum absolute atomic E-state index is 0.0241. The summed E-state index contributed by atoms with van der Waals surface area (Å²) >= 11 is 0. The Labute approximate surface area is 154 Å². The highest BCUT2D eigenvalue weighted by atomic mass is 16.2. The van der Waals surface area contributed by atoms with E-state index in [9.17, 15) is 9.59 Å². The van der Waals surface area contributed by atoms with Crippen molar-refractivity contribution >= 4 is 17.1 Å². The lowest BCUT2D eigenvalue weighted by Gasteiger charge is -2.22. The van der Waals surface area contributed by atoms with Gasteiger partial charge in [0.05, 0.1) is 11.6 Å². The molecular weight excluding hydrogens is 344 g/mol. The zero-order chi connectivity index (χ0) is 19.0. The third-order valence-electron chi connectivity index (χ3n) is 4.99. The number of carbonyl (C=O) groups is 1. The van der Waals surface area contributed by atoms with Gasteiger partial charge in [-0.3, -0.25) is 9.36 Å². The van der Waals surface area contributed by atoms with Crippen molar-refractivity contribution in [1.29, 1.82) is 5.26 Å². The molecule has 0 bridgehead atoms. The maximum Gasteiger partial charge on any atom is 0.327 e. The molecule has 8 nitrogen and oxygen atoms in total. The maximum absolute atomic E-state index is 12.6. The number of nitrogens with one attached hydrogen (secondary N) is 1. The minimum atomic E-state index is -0.739. The molecule has 1 aromatic carbocycles. The van der Waals surface area contributed by atoms with Crippen LogP contribution in [0.5, 0.6) is 0 Å². The number of rotatable bonds is 3. The number of carbonyl (C=O) groups excluding carboxylic acids is 1. The fourth-order valence-corrected chi connectivity index (χ4v) is 3.71. The highest BCUT2D eigenvalue weighted by molar-refractivity contribution is 6.01. The molecule has 0 atom stereocenters. The summed E-state index contributed by atoms with van der Waals surface area (Å²) in [5.41, 5.74) is 6.86. The summed E-state index contributed by atoms with van der Waals surface area (Å²) in [5, 5.41) is 9.13. The van der Waals surface area contributed by atoms with Gasteiger partial charge >= 0.3 is 5.69 Å². The number of amides is 1. The average molecular weight is 362 g/mol. The van der Waals surface area contributed by atoms with Crippen LogP contribution in [0.25, 0.3) is 22.6 Å². The number of primary amides is 1. The summed E-state index contributed by atoms with van der Waals surface area (Å²) in [6.07, 6.45) is 5.04. The van der Waals surface area contributed by atoms with E-state index in [4.69, 9.17) is 11.0 Å². The molecule has 0 saturated heterocycles. The molecule has 3 aromatic rings. The second kappa shape index (κ2) is 6.68. The molecule has 2 aromatic heterocycles. The van der Waals surface area contributed by atoms with Crippen molar-refractivity contribution < 1.29 is 4.79 Å². The molecule has 2 heterocycles. The van der Waals surface area contributed by atoms with E-state index in [1.165, 1.54) is 0 Å². The topological polar surface area (TPSA) is 130 Å². The van der Waals surface area contributed by atoms with Crippen molar-refractivity contribution in [3.05, 3.63) is 46.0 Å². The van der Waals surface area contributed by atoms with Gasteiger partial charge in [-0.25, -0.2) is 14.8 Å². The molecule has 27 heavy (non-hydrogen) atoms. The van der Waals surface area contributed by atoms with E-state index >= 15 is 0 Å². The van der Waals surface area contributed by atoms with Crippen LogP contribution in [0.4, 0.5) is 0 Å². The predicted octanol–water partition coefficient (Wildman–Crippen LogP) is 2.26. The second-order valence-electron chi connectivity index (χ2n) is 6.74. The molecule has 0 aliphatic heterocycles. The van der Waals surface area contributed by atoms with E-state index in [0.29, 0.717) is 16.8 Å². The highest BCUT2D eigenvalue weighted by Gasteiger charge is 2.24. The van der Waals surface area contributed by atoms with Crippen molar-refractivity contribution in [2.75, 3.05) is 0 Å². The van der Waals surface area contributed by atoms with Gasteiger partial charge in [0.25, 0.3) is 5.91 Å². The van der Waals surface area contributed by atoms with Gasteiger partial charge in [0.15, 0.2) is 17.2 Å². The fraction of sp³-hybridized carbons (Fsp3) is 0.316. The fourth-order valence-electron chi connectivity index (χ4n) is 3.71. The number of nitrogens with zero attached hydrogens (tertiary/aromatic N) is 4. The third kappa shape index (κ3) is 2.97. The number of nitrogens with two attached hydrogens (primary N) is 1. The van der Waals surface area contributed by atoms with Gasteiger partial charge in [-0.15, -0.1) is 0 Å². The van der Waals surface area contributed by atoms with E-state index in [0.717, 1.165) is 32.1 Å². The molecule has 1 fully saturated rings. The Morgan fingerprint density at radius 3 is 2.74 bits per heavy atom. The monoisotopic (exact) mass is 362 g/mol. The van der Waals surface area contributed by atoms with Gasteiger partial charge in [-0.1, -0.05) is 31.4 Å². The molecule has 1 aliphatic rings. The summed E-state index contributed by atoms with van der Waals surface area (Å²) in [6.45, 7) is 0. The summed E-state index contributed by atoms with van der Waals surface area (Å²) in [6, 6.07) is 8.89. The molecule has 3 N–H and O–H groups in total. The second-order valence-corrected chi connectivity index (χ2v) is 6.74. The number of H-pyrrole nitrogens is 1. The van der Waals surface area contributed by atoms with E-state index in [2.05, 4.69) is 21.0 Å². The molecule has 0 radical (unpaired) electrons. The minimum Gasteiger partial charge on any atom is -0.364 e. The molecule has 0 spiro atoms. The lowest BCUT2D eigenvalue weighted by atomic mass is 9.95. The van der Waals surface area contributed by atoms with Crippen molar-refractivity contribution in [3.63, 3.8) is 0 Å². The van der Waals surface area contributed by atoms with Crippen molar-refractivity contribution in [3.8, 4) is 17.5 Å². The smallest absolute Gasteiger partial charge is 0.327 e. The van der Waals surface area contributed by atoms with Gasteiger partial charge in [-0.05, 0) is 25.0 Å². The Bertz CT molecular complexity index is 1130. The Hall–Kier alpha value is -3.47. The summed E-state index contributed by atoms with van der Waals surface area (Å²) in [7, 11) is 0. The molecule has 0 unspecified atom stereocenters. The normalized spacial score (nSPS) is 14.9. The van der Waals surface area contributed by atoms with E-state index in [1.807, 2.05) is 0 Å². The number of hydrogen-bond donors (Lipinski definition) is 2. The van der Waals surface area contributed by atoms with E-state index in [1.54, 1.807) is 28.8 Å². The first-order valence-corrected chi connectivity index (χ1v) is 8.91. The average Bonchev–Trinajstić information content (AvgIpc) is 3.03. The summed E-state index contributed by atoms with van der Waals surface area (Å²) < 4.78 is 1.63. The number of nitriles is 1. The number of benzene rings is 1. The molecule has 136 valence electrons. The van der Waals surface area contributed by atoms with Crippen molar-refractivity contribution in [2.24, 2.45) is 5.73 Å². The van der Waals surface area contributed by atoms with Gasteiger partial charge in [-0.2, -0.15) is 5.26 Å². The Kier molecular flexibility index (Phi) is 4.20. The highest BCUT2D eigenvalue weighted by Crippen LogP contribution is 2.30. The SMILES string of the molecule is N#Cc1cccc(-c2nc(C(N)=O)c3[nH]c(=O)n(C4CCCCC4)c3n2)c1. The first kappa shape index (κ1) is 17.0. The largest absolute Gasteiger partial charge is 0.364 e. The number of fused-ring (bicyclic) bond motifs is 1. The molecule has 1 saturated carbocycles. The van der Waals surface area contributed by atoms with Crippen LogP contribution in [0.3, 0.4) is 0 Å².